The summed E-state index contributed by atoms with van der Waals surface area (Å²) in [5.41, 5.74) is 1.24. The Labute approximate surface area is 139 Å². The quantitative estimate of drug-likeness (QED) is 0.780. The Kier molecular flexibility index (Phi) is 6.07. The second kappa shape index (κ2) is 8.70. The van der Waals surface area contributed by atoms with Crippen molar-refractivity contribution in [3.8, 4) is 0 Å². The highest BCUT2D eigenvalue weighted by atomic mass is 16.3. The Hall–Kier alpha value is -1.84. The molecular formula is C20H26N2O. The molecule has 1 aromatic heterocycles. The lowest BCUT2D eigenvalue weighted by molar-refractivity contribution is 0.144. The normalized spacial score (nSPS) is 17.6. The van der Waals surface area contributed by atoms with Crippen LogP contribution in [0.5, 0.6) is 0 Å². The van der Waals surface area contributed by atoms with Crippen LogP contribution in [0.15, 0.2) is 59.2 Å². The van der Waals surface area contributed by atoms with Gasteiger partial charge in [-0.3, -0.25) is 4.90 Å². The molecule has 0 spiro atoms. The van der Waals surface area contributed by atoms with Gasteiger partial charge in [0.05, 0.1) is 12.3 Å². The molecule has 23 heavy (non-hydrogen) atoms. The van der Waals surface area contributed by atoms with Crippen LogP contribution in [0, 0.1) is 0 Å². The first kappa shape index (κ1) is 16.0. The highest BCUT2D eigenvalue weighted by molar-refractivity contribution is 5.48. The van der Waals surface area contributed by atoms with Crippen molar-refractivity contribution in [2.24, 2.45) is 0 Å². The first-order valence-electron chi connectivity index (χ1n) is 8.63. The van der Waals surface area contributed by atoms with Gasteiger partial charge in [0.1, 0.15) is 5.76 Å². The number of hydrogen-bond acceptors (Lipinski definition) is 3. The van der Waals surface area contributed by atoms with Gasteiger partial charge in [-0.05, 0) is 43.6 Å². The molecule has 122 valence electrons. The van der Waals surface area contributed by atoms with E-state index < -0.39 is 0 Å². The molecule has 0 amide bonds. The number of furan rings is 1. The van der Waals surface area contributed by atoms with E-state index in [0.29, 0.717) is 6.04 Å². The molecule has 0 saturated carbocycles. The van der Waals surface area contributed by atoms with Gasteiger partial charge in [-0.15, -0.1) is 0 Å². The van der Waals surface area contributed by atoms with E-state index in [0.717, 1.165) is 18.8 Å². The van der Waals surface area contributed by atoms with Gasteiger partial charge < -0.3 is 9.73 Å². The van der Waals surface area contributed by atoms with Gasteiger partial charge >= 0.3 is 0 Å². The van der Waals surface area contributed by atoms with Gasteiger partial charge in [0, 0.05) is 13.1 Å². The van der Waals surface area contributed by atoms with E-state index >= 15 is 0 Å². The van der Waals surface area contributed by atoms with Crippen LogP contribution in [0.2, 0.25) is 0 Å². The molecule has 1 saturated heterocycles. The standard InChI is InChI=1S/C20H26N2O/c1-3-9-18(10-4-1)11-7-13-21-17-19(20-12-8-16-23-20)22-14-5-2-6-15-22/h1,3-4,7-12,16,19,21H,2,5-6,13-15,17H2/b11-7+. The zero-order valence-corrected chi connectivity index (χ0v) is 13.7. The summed E-state index contributed by atoms with van der Waals surface area (Å²) in [5, 5.41) is 3.55. The molecule has 1 fully saturated rings. The average Bonchev–Trinajstić information content (AvgIpc) is 3.14. The molecular weight excluding hydrogens is 284 g/mol. The van der Waals surface area contributed by atoms with Crippen LogP contribution in [0.4, 0.5) is 0 Å². The second-order valence-electron chi connectivity index (χ2n) is 6.10. The van der Waals surface area contributed by atoms with Gasteiger partial charge in [0.25, 0.3) is 0 Å². The summed E-state index contributed by atoms with van der Waals surface area (Å²) in [7, 11) is 0. The third-order valence-electron chi connectivity index (χ3n) is 4.41. The van der Waals surface area contributed by atoms with E-state index in [1.807, 2.05) is 12.1 Å². The predicted octanol–water partition coefficient (Wildman–Crippen LogP) is 4.11. The Morgan fingerprint density at radius 2 is 1.87 bits per heavy atom. The Bertz CT molecular complexity index is 571. The highest BCUT2D eigenvalue weighted by Crippen LogP contribution is 2.24. The molecule has 1 unspecified atom stereocenters. The molecule has 2 heterocycles. The molecule has 3 nitrogen and oxygen atoms in total. The highest BCUT2D eigenvalue weighted by Gasteiger charge is 2.23. The van der Waals surface area contributed by atoms with Crippen molar-refractivity contribution >= 4 is 6.08 Å². The Morgan fingerprint density at radius 3 is 2.61 bits per heavy atom. The van der Waals surface area contributed by atoms with Crippen LogP contribution in [-0.4, -0.2) is 31.1 Å². The summed E-state index contributed by atoms with van der Waals surface area (Å²) in [5.74, 6) is 1.08. The smallest absolute Gasteiger partial charge is 0.122 e. The average molecular weight is 310 g/mol. The fraction of sp³-hybridized carbons (Fsp3) is 0.400. The minimum atomic E-state index is 0.343. The molecule has 0 aliphatic carbocycles. The van der Waals surface area contributed by atoms with Gasteiger partial charge in [0.15, 0.2) is 0 Å². The van der Waals surface area contributed by atoms with E-state index in [1.54, 1.807) is 6.26 Å². The SMILES string of the molecule is C(=C\c1ccccc1)/CNCC(c1ccco1)N1CCCCC1. The topological polar surface area (TPSA) is 28.4 Å². The third kappa shape index (κ3) is 4.81. The zero-order valence-electron chi connectivity index (χ0n) is 13.7. The molecule has 0 radical (unpaired) electrons. The first-order valence-corrected chi connectivity index (χ1v) is 8.63. The van der Waals surface area contributed by atoms with Gasteiger partial charge in [-0.2, -0.15) is 0 Å². The Morgan fingerprint density at radius 1 is 1.04 bits per heavy atom. The lowest BCUT2D eigenvalue weighted by atomic mass is 10.1. The van der Waals surface area contributed by atoms with E-state index in [4.69, 9.17) is 4.42 Å². The molecule has 1 aromatic carbocycles. The van der Waals surface area contributed by atoms with Crippen molar-refractivity contribution in [2.75, 3.05) is 26.2 Å². The van der Waals surface area contributed by atoms with Gasteiger partial charge in [-0.25, -0.2) is 0 Å². The summed E-state index contributed by atoms with van der Waals surface area (Å²) in [6.45, 7) is 4.15. The number of piperidine rings is 1. The summed E-state index contributed by atoms with van der Waals surface area (Å²) < 4.78 is 5.68. The van der Waals surface area contributed by atoms with Crippen LogP contribution in [0.3, 0.4) is 0 Å². The van der Waals surface area contributed by atoms with E-state index in [1.165, 1.54) is 37.9 Å². The summed E-state index contributed by atoms with van der Waals surface area (Å²) in [4.78, 5) is 2.55. The number of benzene rings is 1. The number of rotatable bonds is 7. The zero-order chi connectivity index (χ0) is 15.7. The lowest BCUT2D eigenvalue weighted by Gasteiger charge is -2.33. The van der Waals surface area contributed by atoms with Gasteiger partial charge in [0.2, 0.25) is 0 Å². The molecule has 1 N–H and O–H groups in total. The number of likely N-dealkylation sites (tertiary alicyclic amines) is 1. The summed E-state index contributed by atoms with van der Waals surface area (Å²) in [6.07, 6.45) is 10.1. The van der Waals surface area contributed by atoms with E-state index in [9.17, 15) is 0 Å². The van der Waals surface area contributed by atoms with Crippen molar-refractivity contribution in [1.82, 2.24) is 10.2 Å². The molecule has 1 aliphatic heterocycles. The minimum absolute atomic E-state index is 0.343. The molecule has 2 aromatic rings. The lowest BCUT2D eigenvalue weighted by Crippen LogP contribution is -2.39. The van der Waals surface area contributed by atoms with E-state index in [2.05, 4.69) is 52.7 Å². The van der Waals surface area contributed by atoms with Crippen molar-refractivity contribution in [2.45, 2.75) is 25.3 Å². The first-order chi connectivity index (χ1) is 11.4. The maximum absolute atomic E-state index is 5.68. The van der Waals surface area contributed by atoms with Crippen molar-refractivity contribution < 1.29 is 4.42 Å². The maximum Gasteiger partial charge on any atom is 0.122 e. The van der Waals surface area contributed by atoms with Crippen molar-refractivity contribution in [3.63, 3.8) is 0 Å². The van der Waals surface area contributed by atoms with Crippen LogP contribution < -0.4 is 5.32 Å². The second-order valence-corrected chi connectivity index (χ2v) is 6.10. The number of nitrogens with zero attached hydrogens (tertiary/aromatic N) is 1. The Balaban J connectivity index is 1.51. The van der Waals surface area contributed by atoms with Gasteiger partial charge in [-0.1, -0.05) is 48.9 Å². The molecule has 1 aliphatic rings. The monoisotopic (exact) mass is 310 g/mol. The number of hydrogen-bond donors (Lipinski definition) is 1. The van der Waals surface area contributed by atoms with Crippen LogP contribution in [0.25, 0.3) is 6.08 Å². The number of nitrogens with one attached hydrogen (secondary N) is 1. The predicted molar refractivity (Wildman–Crippen MR) is 95.2 cm³/mol. The molecule has 3 heteroatoms. The summed E-state index contributed by atoms with van der Waals surface area (Å²) in [6, 6.07) is 14.8. The van der Waals surface area contributed by atoms with Crippen LogP contribution in [0.1, 0.15) is 36.6 Å². The van der Waals surface area contributed by atoms with Crippen molar-refractivity contribution in [1.29, 1.82) is 0 Å². The third-order valence-corrected chi connectivity index (χ3v) is 4.41. The summed E-state index contributed by atoms with van der Waals surface area (Å²) >= 11 is 0. The molecule has 3 rings (SSSR count). The van der Waals surface area contributed by atoms with Crippen LogP contribution in [-0.2, 0) is 0 Å². The minimum Gasteiger partial charge on any atom is -0.468 e. The maximum atomic E-state index is 5.68. The fourth-order valence-corrected chi connectivity index (χ4v) is 3.18. The fourth-order valence-electron chi connectivity index (χ4n) is 3.18. The van der Waals surface area contributed by atoms with E-state index in [-0.39, 0.29) is 0 Å². The largest absolute Gasteiger partial charge is 0.468 e. The molecule has 0 bridgehead atoms. The molecule has 1 atom stereocenters. The van der Waals surface area contributed by atoms with Crippen molar-refractivity contribution in [3.05, 3.63) is 66.1 Å². The van der Waals surface area contributed by atoms with Crippen LogP contribution >= 0.6 is 0 Å².